The van der Waals surface area contributed by atoms with Gasteiger partial charge in [0.2, 0.25) is 0 Å². The van der Waals surface area contributed by atoms with Crippen LogP contribution in [0.1, 0.15) is 19.0 Å². The van der Waals surface area contributed by atoms with Crippen molar-refractivity contribution in [2.45, 2.75) is 26.0 Å². The molecule has 1 aromatic carbocycles. The molecule has 1 amide bonds. The number of nitrogens with one attached hydrogen (secondary N) is 1. The van der Waals surface area contributed by atoms with E-state index in [1.54, 1.807) is 37.6 Å². The predicted octanol–water partition coefficient (Wildman–Crippen LogP) is 2.56. The largest absolute Gasteiger partial charge is 0.497 e. The van der Waals surface area contributed by atoms with Crippen LogP contribution in [-0.4, -0.2) is 24.1 Å². The van der Waals surface area contributed by atoms with E-state index in [1.165, 1.54) is 0 Å². The van der Waals surface area contributed by atoms with Crippen molar-refractivity contribution in [3.8, 4) is 11.5 Å². The second kappa shape index (κ2) is 8.02. The van der Waals surface area contributed by atoms with Crippen LogP contribution in [0, 0.1) is 0 Å². The molecule has 0 aliphatic rings. The Morgan fingerprint density at radius 1 is 1.18 bits per heavy atom. The van der Waals surface area contributed by atoms with Crippen LogP contribution in [0.5, 0.6) is 11.5 Å². The summed E-state index contributed by atoms with van der Waals surface area (Å²) < 4.78 is 10.8. The lowest BCUT2D eigenvalue weighted by Crippen LogP contribution is -2.37. The van der Waals surface area contributed by atoms with E-state index in [0.717, 1.165) is 11.4 Å². The summed E-state index contributed by atoms with van der Waals surface area (Å²) in [7, 11) is 1.61. The molecule has 0 fully saturated rings. The summed E-state index contributed by atoms with van der Waals surface area (Å²) >= 11 is 0. The molecule has 1 aromatic heterocycles. The first-order valence-electron chi connectivity index (χ1n) is 7.21. The molecule has 0 radical (unpaired) electrons. The molecule has 2 aromatic rings. The first-order chi connectivity index (χ1) is 10.7. The van der Waals surface area contributed by atoms with Crippen molar-refractivity contribution in [3.05, 3.63) is 54.4 Å². The average molecular weight is 300 g/mol. The lowest BCUT2D eigenvalue weighted by atomic mass is 10.2. The molecule has 0 unspecified atom stereocenters. The van der Waals surface area contributed by atoms with E-state index in [2.05, 4.69) is 10.3 Å². The number of methoxy groups -OCH3 is 1. The van der Waals surface area contributed by atoms with Crippen LogP contribution >= 0.6 is 0 Å². The summed E-state index contributed by atoms with van der Waals surface area (Å²) in [5, 5.41) is 2.84. The van der Waals surface area contributed by atoms with E-state index >= 15 is 0 Å². The van der Waals surface area contributed by atoms with Crippen molar-refractivity contribution in [1.82, 2.24) is 10.3 Å². The number of rotatable bonds is 7. The van der Waals surface area contributed by atoms with Gasteiger partial charge in [-0.25, -0.2) is 0 Å². The Morgan fingerprint density at radius 2 is 1.91 bits per heavy atom. The minimum absolute atomic E-state index is 0.149. The molecule has 2 rings (SSSR count). The van der Waals surface area contributed by atoms with Gasteiger partial charge >= 0.3 is 0 Å². The van der Waals surface area contributed by atoms with Crippen molar-refractivity contribution < 1.29 is 14.3 Å². The van der Waals surface area contributed by atoms with Gasteiger partial charge < -0.3 is 14.8 Å². The molecule has 1 N–H and O–H groups in total. The topological polar surface area (TPSA) is 60.5 Å². The highest BCUT2D eigenvalue weighted by Gasteiger charge is 2.18. The fourth-order valence-corrected chi connectivity index (χ4v) is 1.94. The van der Waals surface area contributed by atoms with E-state index < -0.39 is 6.10 Å². The third kappa shape index (κ3) is 4.48. The monoisotopic (exact) mass is 300 g/mol. The lowest BCUT2D eigenvalue weighted by molar-refractivity contribution is -0.128. The van der Waals surface area contributed by atoms with Gasteiger partial charge in [0.1, 0.15) is 11.5 Å². The van der Waals surface area contributed by atoms with Crippen LogP contribution in [-0.2, 0) is 11.3 Å². The Bertz CT molecular complexity index is 585. The summed E-state index contributed by atoms with van der Waals surface area (Å²) in [5.74, 6) is 1.24. The van der Waals surface area contributed by atoms with Gasteiger partial charge in [-0.05, 0) is 42.8 Å². The maximum atomic E-state index is 12.2. The van der Waals surface area contributed by atoms with Gasteiger partial charge in [-0.1, -0.05) is 13.0 Å². The van der Waals surface area contributed by atoms with Gasteiger partial charge in [-0.3, -0.25) is 9.78 Å². The lowest BCUT2D eigenvalue weighted by Gasteiger charge is -2.17. The molecule has 0 saturated heterocycles. The third-order valence-electron chi connectivity index (χ3n) is 3.17. The first kappa shape index (κ1) is 15.8. The molecule has 1 heterocycles. The second-order valence-corrected chi connectivity index (χ2v) is 4.73. The van der Waals surface area contributed by atoms with Crippen LogP contribution in [0.25, 0.3) is 0 Å². The molecule has 5 heteroatoms. The highest BCUT2D eigenvalue weighted by Crippen LogP contribution is 2.19. The molecule has 0 bridgehead atoms. The standard InChI is InChI=1S/C17H20N2O3/c1-3-16(22-15-9-7-14(21-2)8-10-15)17(20)19-12-13-6-4-5-11-18-13/h4-11,16H,3,12H2,1-2H3,(H,19,20)/t16-/m0/s1. The van der Waals surface area contributed by atoms with Crippen molar-refractivity contribution in [2.24, 2.45) is 0 Å². The van der Waals surface area contributed by atoms with Crippen LogP contribution in [0.3, 0.4) is 0 Å². The number of hydrogen-bond acceptors (Lipinski definition) is 4. The molecular weight excluding hydrogens is 280 g/mol. The summed E-state index contributed by atoms with van der Waals surface area (Å²) in [4.78, 5) is 16.4. The van der Waals surface area contributed by atoms with E-state index in [1.807, 2.05) is 25.1 Å². The van der Waals surface area contributed by atoms with E-state index in [9.17, 15) is 4.79 Å². The van der Waals surface area contributed by atoms with Crippen molar-refractivity contribution in [1.29, 1.82) is 0 Å². The minimum atomic E-state index is -0.530. The highest BCUT2D eigenvalue weighted by molar-refractivity contribution is 5.81. The predicted molar refractivity (Wildman–Crippen MR) is 83.8 cm³/mol. The van der Waals surface area contributed by atoms with Crippen LogP contribution in [0.4, 0.5) is 0 Å². The van der Waals surface area contributed by atoms with Crippen LogP contribution in [0.2, 0.25) is 0 Å². The second-order valence-electron chi connectivity index (χ2n) is 4.73. The Kier molecular flexibility index (Phi) is 5.77. The molecule has 0 aliphatic heterocycles. The van der Waals surface area contributed by atoms with Crippen LogP contribution in [0.15, 0.2) is 48.7 Å². The van der Waals surface area contributed by atoms with Gasteiger partial charge in [0.25, 0.3) is 5.91 Å². The SMILES string of the molecule is CC[C@H](Oc1ccc(OC)cc1)C(=O)NCc1ccccn1. The third-order valence-corrected chi connectivity index (χ3v) is 3.17. The maximum absolute atomic E-state index is 12.2. The zero-order valence-electron chi connectivity index (χ0n) is 12.8. The number of carbonyl (C=O) groups is 1. The Morgan fingerprint density at radius 3 is 2.50 bits per heavy atom. The molecule has 0 aliphatic carbocycles. The fraction of sp³-hybridized carbons (Fsp3) is 0.294. The number of pyridine rings is 1. The zero-order chi connectivity index (χ0) is 15.8. The fourth-order valence-electron chi connectivity index (χ4n) is 1.94. The molecule has 0 saturated carbocycles. The van der Waals surface area contributed by atoms with Gasteiger partial charge in [0.15, 0.2) is 6.10 Å². The highest BCUT2D eigenvalue weighted by atomic mass is 16.5. The zero-order valence-corrected chi connectivity index (χ0v) is 12.8. The summed E-state index contributed by atoms with van der Waals surface area (Å²) in [6, 6.07) is 12.8. The first-order valence-corrected chi connectivity index (χ1v) is 7.21. The molecule has 5 nitrogen and oxygen atoms in total. The van der Waals surface area contributed by atoms with Crippen LogP contribution < -0.4 is 14.8 Å². The number of hydrogen-bond donors (Lipinski definition) is 1. The van der Waals surface area contributed by atoms with Gasteiger partial charge in [0, 0.05) is 6.20 Å². The molecular formula is C17H20N2O3. The summed E-state index contributed by atoms with van der Waals surface area (Å²) in [6.07, 6.45) is 1.75. The minimum Gasteiger partial charge on any atom is -0.497 e. The number of nitrogens with zero attached hydrogens (tertiary/aromatic N) is 1. The molecule has 22 heavy (non-hydrogen) atoms. The number of aromatic nitrogens is 1. The Labute approximate surface area is 130 Å². The quantitative estimate of drug-likeness (QED) is 0.853. The number of amides is 1. The smallest absolute Gasteiger partial charge is 0.261 e. The van der Waals surface area contributed by atoms with E-state index in [4.69, 9.17) is 9.47 Å². The van der Waals surface area contributed by atoms with Crippen molar-refractivity contribution in [2.75, 3.05) is 7.11 Å². The van der Waals surface area contributed by atoms with E-state index in [-0.39, 0.29) is 5.91 Å². The maximum Gasteiger partial charge on any atom is 0.261 e. The number of benzene rings is 1. The molecule has 1 atom stereocenters. The number of ether oxygens (including phenoxy) is 2. The van der Waals surface area contributed by atoms with Gasteiger partial charge in [0.05, 0.1) is 19.3 Å². The summed E-state index contributed by atoms with van der Waals surface area (Å²) in [6.45, 7) is 2.30. The molecule has 116 valence electrons. The Hall–Kier alpha value is -2.56. The summed E-state index contributed by atoms with van der Waals surface area (Å²) in [5.41, 5.74) is 0.815. The van der Waals surface area contributed by atoms with Crippen molar-refractivity contribution >= 4 is 5.91 Å². The number of carbonyl (C=O) groups excluding carboxylic acids is 1. The molecule has 0 spiro atoms. The average Bonchev–Trinajstić information content (AvgIpc) is 2.59. The van der Waals surface area contributed by atoms with E-state index in [0.29, 0.717) is 18.7 Å². The van der Waals surface area contributed by atoms with Crippen molar-refractivity contribution in [3.63, 3.8) is 0 Å². The van der Waals surface area contributed by atoms with Gasteiger partial charge in [-0.15, -0.1) is 0 Å². The Balaban J connectivity index is 1.90. The van der Waals surface area contributed by atoms with Gasteiger partial charge in [-0.2, -0.15) is 0 Å². The normalized spacial score (nSPS) is 11.5.